The van der Waals surface area contributed by atoms with Crippen molar-refractivity contribution in [2.75, 3.05) is 19.6 Å². The molecule has 3 rings (SSSR count). The lowest BCUT2D eigenvalue weighted by Gasteiger charge is -2.32. The van der Waals surface area contributed by atoms with Gasteiger partial charge in [-0.25, -0.2) is 0 Å². The Bertz CT molecular complexity index is 736. The molecule has 1 aliphatic rings. The van der Waals surface area contributed by atoms with E-state index in [0.29, 0.717) is 38.9 Å². The summed E-state index contributed by atoms with van der Waals surface area (Å²) in [6, 6.07) is 10.3. The smallest absolute Gasteiger partial charge is 0.224 e. The lowest BCUT2D eigenvalue weighted by atomic mass is 9.96. The van der Waals surface area contributed by atoms with Crippen LogP contribution in [-0.2, 0) is 22.4 Å². The zero-order valence-corrected chi connectivity index (χ0v) is 15.5. The molecule has 2 heterocycles. The zero-order valence-electron chi connectivity index (χ0n) is 15.5. The minimum absolute atomic E-state index is 0.0273. The number of hydrogen-bond donors (Lipinski definition) is 1. The number of carbonyl (C=O) groups is 2. The number of nitrogens with one attached hydrogen (secondary N) is 1. The molecule has 1 N–H and O–H groups in total. The molecule has 2 amide bonds. The van der Waals surface area contributed by atoms with Crippen LogP contribution in [0.25, 0.3) is 0 Å². The van der Waals surface area contributed by atoms with Crippen LogP contribution in [0.2, 0.25) is 0 Å². The van der Waals surface area contributed by atoms with Crippen LogP contribution in [0.5, 0.6) is 0 Å². The number of aryl methyl sites for hydroxylation is 1. The highest BCUT2D eigenvalue weighted by Crippen LogP contribution is 2.18. The van der Waals surface area contributed by atoms with E-state index < -0.39 is 0 Å². The van der Waals surface area contributed by atoms with Crippen molar-refractivity contribution in [3.63, 3.8) is 0 Å². The van der Waals surface area contributed by atoms with Gasteiger partial charge in [-0.3, -0.25) is 19.6 Å². The van der Waals surface area contributed by atoms with Gasteiger partial charge in [-0.1, -0.05) is 30.3 Å². The molecule has 1 aliphatic heterocycles. The Hall–Kier alpha value is -2.76. The number of hydrogen-bond acceptors (Lipinski definition) is 4. The van der Waals surface area contributed by atoms with E-state index in [9.17, 15) is 9.59 Å². The minimum Gasteiger partial charge on any atom is -0.355 e. The molecular formula is C21H26N4O2. The molecule has 0 spiro atoms. The SMILES string of the molecule is O=C(NCCc1cnccn1)C1CCC(=O)N(CCCc2ccccc2)C1. The maximum absolute atomic E-state index is 12.5. The Morgan fingerprint density at radius 1 is 1.19 bits per heavy atom. The third-order valence-electron chi connectivity index (χ3n) is 4.90. The van der Waals surface area contributed by atoms with E-state index in [2.05, 4.69) is 27.4 Å². The maximum Gasteiger partial charge on any atom is 0.224 e. The Labute approximate surface area is 160 Å². The predicted octanol–water partition coefficient (Wildman–Crippen LogP) is 2.01. The monoisotopic (exact) mass is 366 g/mol. The summed E-state index contributed by atoms with van der Waals surface area (Å²) in [6.45, 7) is 1.76. The fourth-order valence-electron chi connectivity index (χ4n) is 3.38. The first-order valence-electron chi connectivity index (χ1n) is 9.56. The van der Waals surface area contributed by atoms with E-state index >= 15 is 0 Å². The van der Waals surface area contributed by atoms with Gasteiger partial charge in [0.15, 0.2) is 0 Å². The molecule has 1 aromatic heterocycles. The Morgan fingerprint density at radius 2 is 2.04 bits per heavy atom. The van der Waals surface area contributed by atoms with Crippen molar-refractivity contribution in [2.45, 2.75) is 32.1 Å². The van der Waals surface area contributed by atoms with Gasteiger partial charge in [-0.15, -0.1) is 0 Å². The van der Waals surface area contributed by atoms with E-state index in [1.807, 2.05) is 23.1 Å². The van der Waals surface area contributed by atoms with Crippen molar-refractivity contribution in [1.29, 1.82) is 0 Å². The van der Waals surface area contributed by atoms with Crippen LogP contribution in [0.15, 0.2) is 48.9 Å². The molecule has 0 radical (unpaired) electrons. The molecule has 1 unspecified atom stereocenters. The molecule has 27 heavy (non-hydrogen) atoms. The maximum atomic E-state index is 12.5. The van der Waals surface area contributed by atoms with E-state index in [-0.39, 0.29) is 17.7 Å². The Kier molecular flexibility index (Phi) is 6.90. The molecule has 0 aliphatic carbocycles. The molecule has 2 aromatic rings. The molecule has 0 bridgehead atoms. The highest BCUT2D eigenvalue weighted by molar-refractivity contribution is 5.83. The summed E-state index contributed by atoms with van der Waals surface area (Å²) in [7, 11) is 0. The number of likely N-dealkylation sites (tertiary alicyclic amines) is 1. The lowest BCUT2D eigenvalue weighted by Crippen LogP contribution is -2.46. The van der Waals surface area contributed by atoms with Gasteiger partial charge in [0, 0.05) is 51.1 Å². The summed E-state index contributed by atoms with van der Waals surface area (Å²) < 4.78 is 0. The molecule has 1 aromatic carbocycles. The molecule has 1 fully saturated rings. The first-order valence-corrected chi connectivity index (χ1v) is 9.56. The normalized spacial score (nSPS) is 17.0. The molecular weight excluding hydrogens is 340 g/mol. The van der Waals surface area contributed by atoms with Gasteiger partial charge in [-0.2, -0.15) is 0 Å². The minimum atomic E-state index is -0.124. The number of piperidine rings is 1. The topological polar surface area (TPSA) is 75.2 Å². The van der Waals surface area contributed by atoms with Crippen molar-refractivity contribution >= 4 is 11.8 Å². The number of aromatic nitrogens is 2. The van der Waals surface area contributed by atoms with Crippen LogP contribution in [0, 0.1) is 5.92 Å². The van der Waals surface area contributed by atoms with Gasteiger partial charge in [0.1, 0.15) is 0 Å². The van der Waals surface area contributed by atoms with Crippen LogP contribution in [0.3, 0.4) is 0 Å². The average molecular weight is 366 g/mol. The third kappa shape index (κ3) is 5.88. The van der Waals surface area contributed by atoms with Gasteiger partial charge in [0.2, 0.25) is 11.8 Å². The third-order valence-corrected chi connectivity index (χ3v) is 4.90. The molecule has 1 saturated heterocycles. The standard InChI is InChI=1S/C21H26N4O2/c26-20-9-8-18(21(27)24-11-10-19-15-22-12-13-23-19)16-25(20)14-4-7-17-5-2-1-3-6-17/h1-3,5-6,12-13,15,18H,4,7-11,14,16H2,(H,24,27). The number of rotatable bonds is 8. The summed E-state index contributed by atoms with van der Waals surface area (Å²) in [5, 5.41) is 2.97. The number of amides is 2. The highest BCUT2D eigenvalue weighted by atomic mass is 16.2. The van der Waals surface area contributed by atoms with Gasteiger partial charge in [0.05, 0.1) is 11.6 Å². The van der Waals surface area contributed by atoms with Crippen molar-refractivity contribution in [2.24, 2.45) is 5.92 Å². The van der Waals surface area contributed by atoms with Crippen LogP contribution in [0.1, 0.15) is 30.5 Å². The number of benzene rings is 1. The van der Waals surface area contributed by atoms with Crippen molar-refractivity contribution in [3.8, 4) is 0 Å². The zero-order chi connectivity index (χ0) is 18.9. The second-order valence-corrected chi connectivity index (χ2v) is 6.90. The Morgan fingerprint density at radius 3 is 2.81 bits per heavy atom. The van der Waals surface area contributed by atoms with E-state index in [0.717, 1.165) is 18.5 Å². The first-order chi connectivity index (χ1) is 13.2. The molecule has 142 valence electrons. The summed E-state index contributed by atoms with van der Waals surface area (Å²) in [5.41, 5.74) is 2.14. The number of nitrogens with zero attached hydrogens (tertiary/aromatic N) is 3. The van der Waals surface area contributed by atoms with Gasteiger partial charge < -0.3 is 10.2 Å². The van der Waals surface area contributed by atoms with Gasteiger partial charge >= 0.3 is 0 Å². The van der Waals surface area contributed by atoms with Crippen molar-refractivity contribution < 1.29 is 9.59 Å². The highest BCUT2D eigenvalue weighted by Gasteiger charge is 2.29. The average Bonchev–Trinajstić information content (AvgIpc) is 2.71. The fraction of sp³-hybridized carbons (Fsp3) is 0.429. The summed E-state index contributed by atoms with van der Waals surface area (Å²) in [5.74, 6) is 0.0624. The van der Waals surface area contributed by atoms with Gasteiger partial charge in [-0.05, 0) is 24.8 Å². The summed E-state index contributed by atoms with van der Waals surface area (Å²) in [6.07, 6.45) is 8.59. The first kappa shape index (κ1) is 19.0. The van der Waals surface area contributed by atoms with Crippen LogP contribution >= 0.6 is 0 Å². The Balaban J connectivity index is 1.41. The summed E-state index contributed by atoms with van der Waals surface area (Å²) in [4.78, 5) is 34.7. The second kappa shape index (κ2) is 9.80. The van der Waals surface area contributed by atoms with Crippen molar-refractivity contribution in [1.82, 2.24) is 20.2 Å². The molecule has 6 heteroatoms. The molecule has 1 atom stereocenters. The molecule has 0 saturated carbocycles. The van der Waals surface area contributed by atoms with E-state index in [1.54, 1.807) is 18.6 Å². The van der Waals surface area contributed by atoms with Gasteiger partial charge in [0.25, 0.3) is 0 Å². The fourth-order valence-corrected chi connectivity index (χ4v) is 3.38. The largest absolute Gasteiger partial charge is 0.355 e. The van der Waals surface area contributed by atoms with Crippen LogP contribution in [0.4, 0.5) is 0 Å². The predicted molar refractivity (Wildman–Crippen MR) is 103 cm³/mol. The molecule has 6 nitrogen and oxygen atoms in total. The quantitative estimate of drug-likeness (QED) is 0.775. The van der Waals surface area contributed by atoms with Crippen molar-refractivity contribution in [3.05, 3.63) is 60.2 Å². The van der Waals surface area contributed by atoms with Crippen LogP contribution < -0.4 is 5.32 Å². The van der Waals surface area contributed by atoms with E-state index in [1.165, 1.54) is 5.56 Å². The lowest BCUT2D eigenvalue weighted by molar-refractivity contribution is -0.138. The van der Waals surface area contributed by atoms with E-state index in [4.69, 9.17) is 0 Å². The summed E-state index contributed by atoms with van der Waals surface area (Å²) >= 11 is 0. The second-order valence-electron chi connectivity index (χ2n) is 6.90. The van der Waals surface area contributed by atoms with Crippen LogP contribution in [-0.4, -0.2) is 46.3 Å². The number of carbonyl (C=O) groups excluding carboxylic acids is 2.